The van der Waals surface area contributed by atoms with Gasteiger partial charge < -0.3 is 9.15 Å². The fourth-order valence-corrected chi connectivity index (χ4v) is 4.75. The van der Waals surface area contributed by atoms with Crippen LogP contribution in [0.2, 0.25) is 5.02 Å². The third-order valence-corrected chi connectivity index (χ3v) is 6.56. The highest BCUT2D eigenvalue weighted by Crippen LogP contribution is 2.41. The van der Waals surface area contributed by atoms with E-state index in [1.807, 2.05) is 54.6 Å². The molecule has 6 heteroatoms. The lowest BCUT2D eigenvalue weighted by Gasteiger charge is -2.25. The number of unbranched alkanes of at least 4 members (excludes halogenated alkanes) is 3. The lowest BCUT2D eigenvalue weighted by Crippen LogP contribution is -2.29. The standard InChI is InChI=1S/C29H26ClNO4/c1-2-3-4-8-17-34-22-14-11-19(12-15-22)26-25-27(32)23-18-20(30)13-16-24(23)35-28(25)29(33)31(26)21-9-6-5-7-10-21/h5-7,9-16,18,26H,2-4,8,17H2,1H3. The summed E-state index contributed by atoms with van der Waals surface area (Å²) in [6.45, 7) is 2.85. The lowest BCUT2D eigenvalue weighted by molar-refractivity contribution is 0.0971. The Labute approximate surface area is 208 Å². The fraction of sp³-hybridized carbons (Fsp3) is 0.241. The van der Waals surface area contributed by atoms with Crippen molar-refractivity contribution < 1.29 is 13.9 Å². The largest absolute Gasteiger partial charge is 0.494 e. The van der Waals surface area contributed by atoms with Gasteiger partial charge in [-0.1, -0.05) is 68.1 Å². The van der Waals surface area contributed by atoms with E-state index in [-0.39, 0.29) is 17.1 Å². The number of fused-ring (bicyclic) bond motifs is 2. The predicted octanol–water partition coefficient (Wildman–Crippen LogP) is 7.16. The Bertz CT molecular complexity index is 1410. The summed E-state index contributed by atoms with van der Waals surface area (Å²) in [4.78, 5) is 28.9. The van der Waals surface area contributed by atoms with E-state index in [0.717, 1.165) is 24.2 Å². The summed E-state index contributed by atoms with van der Waals surface area (Å²) in [5.74, 6) is 0.481. The molecular formula is C29H26ClNO4. The molecule has 35 heavy (non-hydrogen) atoms. The van der Waals surface area contributed by atoms with Gasteiger partial charge in [-0.15, -0.1) is 0 Å². The summed E-state index contributed by atoms with van der Waals surface area (Å²) in [5, 5.41) is 0.793. The van der Waals surface area contributed by atoms with Gasteiger partial charge in [-0.05, 0) is 54.4 Å². The molecule has 0 spiro atoms. The third kappa shape index (κ3) is 4.44. The maximum Gasteiger partial charge on any atom is 0.295 e. The zero-order valence-corrected chi connectivity index (χ0v) is 20.3. The minimum atomic E-state index is -0.627. The number of ether oxygens (including phenoxy) is 1. The van der Waals surface area contributed by atoms with Crippen molar-refractivity contribution >= 4 is 34.2 Å². The van der Waals surface area contributed by atoms with E-state index in [2.05, 4.69) is 6.92 Å². The zero-order valence-electron chi connectivity index (χ0n) is 19.5. The summed E-state index contributed by atoms with van der Waals surface area (Å²) in [5.41, 5.74) is 1.89. The van der Waals surface area contributed by atoms with E-state index in [0.29, 0.717) is 33.8 Å². The maximum atomic E-state index is 13.7. The Morgan fingerprint density at radius 3 is 2.46 bits per heavy atom. The molecule has 0 bridgehead atoms. The van der Waals surface area contributed by atoms with Gasteiger partial charge in [-0.2, -0.15) is 0 Å². The second-order valence-electron chi connectivity index (χ2n) is 8.71. The third-order valence-electron chi connectivity index (χ3n) is 6.33. The molecule has 0 saturated heterocycles. The van der Waals surface area contributed by atoms with Crippen molar-refractivity contribution in [3.05, 3.63) is 105 Å². The number of carbonyl (C=O) groups is 1. The van der Waals surface area contributed by atoms with Crippen LogP contribution < -0.4 is 15.1 Å². The monoisotopic (exact) mass is 487 g/mol. The molecule has 0 saturated carbocycles. The number of rotatable bonds is 8. The summed E-state index contributed by atoms with van der Waals surface area (Å²) in [6.07, 6.45) is 4.55. The van der Waals surface area contributed by atoms with Gasteiger partial charge in [-0.25, -0.2) is 0 Å². The fourth-order valence-electron chi connectivity index (χ4n) is 4.58. The van der Waals surface area contributed by atoms with Crippen LogP contribution in [0, 0.1) is 0 Å². The van der Waals surface area contributed by atoms with Crippen LogP contribution in [-0.2, 0) is 0 Å². The van der Waals surface area contributed by atoms with E-state index < -0.39 is 6.04 Å². The molecule has 5 nitrogen and oxygen atoms in total. The number of hydrogen-bond acceptors (Lipinski definition) is 4. The van der Waals surface area contributed by atoms with Crippen LogP contribution in [0.5, 0.6) is 5.75 Å². The Hall–Kier alpha value is -3.57. The van der Waals surface area contributed by atoms with E-state index >= 15 is 0 Å². The van der Waals surface area contributed by atoms with Crippen molar-refractivity contribution in [3.63, 3.8) is 0 Å². The highest BCUT2D eigenvalue weighted by Gasteiger charge is 2.43. The highest BCUT2D eigenvalue weighted by molar-refractivity contribution is 6.31. The van der Waals surface area contributed by atoms with Crippen molar-refractivity contribution in [2.45, 2.75) is 38.6 Å². The number of amides is 1. The van der Waals surface area contributed by atoms with Crippen LogP contribution in [0.4, 0.5) is 5.69 Å². The van der Waals surface area contributed by atoms with E-state index in [9.17, 15) is 9.59 Å². The van der Waals surface area contributed by atoms with Crippen molar-refractivity contribution in [2.24, 2.45) is 0 Å². The van der Waals surface area contributed by atoms with Crippen LogP contribution in [0.15, 0.2) is 82.0 Å². The molecule has 1 atom stereocenters. The van der Waals surface area contributed by atoms with Crippen molar-refractivity contribution in [1.29, 1.82) is 0 Å². The quantitative estimate of drug-likeness (QED) is 0.247. The van der Waals surface area contributed by atoms with Gasteiger partial charge in [-0.3, -0.25) is 14.5 Å². The maximum absolute atomic E-state index is 13.7. The molecule has 1 aliphatic rings. The van der Waals surface area contributed by atoms with Gasteiger partial charge in [0.1, 0.15) is 11.3 Å². The number of nitrogens with zero attached hydrogens (tertiary/aromatic N) is 1. The van der Waals surface area contributed by atoms with Crippen LogP contribution in [-0.4, -0.2) is 12.5 Å². The van der Waals surface area contributed by atoms with Crippen LogP contribution in [0.3, 0.4) is 0 Å². The van der Waals surface area contributed by atoms with Crippen LogP contribution >= 0.6 is 11.6 Å². The van der Waals surface area contributed by atoms with E-state index in [1.165, 1.54) is 12.8 Å². The number of hydrogen-bond donors (Lipinski definition) is 0. The second-order valence-corrected chi connectivity index (χ2v) is 9.14. The molecule has 5 rings (SSSR count). The van der Waals surface area contributed by atoms with Gasteiger partial charge >= 0.3 is 0 Å². The van der Waals surface area contributed by atoms with E-state index in [1.54, 1.807) is 23.1 Å². The lowest BCUT2D eigenvalue weighted by atomic mass is 9.98. The van der Waals surface area contributed by atoms with Gasteiger partial charge in [0.05, 0.1) is 23.6 Å². The van der Waals surface area contributed by atoms with Crippen LogP contribution in [0.1, 0.15) is 60.3 Å². The second kappa shape index (κ2) is 9.96. The van der Waals surface area contributed by atoms with Crippen LogP contribution in [0.25, 0.3) is 11.0 Å². The number of halogens is 1. The molecule has 3 aromatic carbocycles. The Balaban J connectivity index is 1.56. The molecule has 1 aromatic heterocycles. The van der Waals surface area contributed by atoms with Crippen molar-refractivity contribution in [3.8, 4) is 5.75 Å². The summed E-state index contributed by atoms with van der Waals surface area (Å²) in [7, 11) is 0. The van der Waals surface area contributed by atoms with E-state index in [4.69, 9.17) is 20.8 Å². The first-order valence-corrected chi connectivity index (χ1v) is 12.3. The molecule has 0 N–H and O–H groups in total. The molecule has 0 aliphatic carbocycles. The Morgan fingerprint density at radius 1 is 0.943 bits per heavy atom. The summed E-state index contributed by atoms with van der Waals surface area (Å²) >= 11 is 6.16. The van der Waals surface area contributed by atoms with Gasteiger partial charge in [0, 0.05) is 10.7 Å². The van der Waals surface area contributed by atoms with Gasteiger partial charge in [0.15, 0.2) is 5.43 Å². The highest BCUT2D eigenvalue weighted by atomic mass is 35.5. The Kier molecular flexibility index (Phi) is 6.60. The van der Waals surface area contributed by atoms with Crippen molar-refractivity contribution in [1.82, 2.24) is 0 Å². The first-order chi connectivity index (χ1) is 17.1. The smallest absolute Gasteiger partial charge is 0.295 e. The topological polar surface area (TPSA) is 59.8 Å². The Morgan fingerprint density at radius 2 is 1.71 bits per heavy atom. The molecule has 4 aromatic rings. The molecular weight excluding hydrogens is 462 g/mol. The average Bonchev–Trinajstić information content (AvgIpc) is 3.18. The summed E-state index contributed by atoms with van der Waals surface area (Å²) in [6, 6.07) is 21.1. The zero-order chi connectivity index (χ0) is 24.4. The van der Waals surface area contributed by atoms with Gasteiger partial charge in [0.2, 0.25) is 5.76 Å². The normalized spacial score (nSPS) is 15.0. The molecule has 1 unspecified atom stereocenters. The SMILES string of the molecule is CCCCCCOc1ccc(C2c3c(oc4ccc(Cl)cc4c3=O)C(=O)N2c2ccccc2)cc1. The molecule has 1 amide bonds. The summed E-state index contributed by atoms with van der Waals surface area (Å²) < 4.78 is 11.9. The van der Waals surface area contributed by atoms with Crippen molar-refractivity contribution in [2.75, 3.05) is 11.5 Å². The first-order valence-electron chi connectivity index (χ1n) is 12.0. The predicted molar refractivity (Wildman–Crippen MR) is 139 cm³/mol. The molecule has 0 fully saturated rings. The minimum absolute atomic E-state index is 0.0647. The first kappa shape index (κ1) is 23.2. The van der Waals surface area contributed by atoms with Gasteiger partial charge in [0.25, 0.3) is 5.91 Å². The molecule has 1 aliphatic heterocycles. The molecule has 0 radical (unpaired) electrons. The number of carbonyl (C=O) groups excluding carboxylic acids is 1. The average molecular weight is 488 g/mol. The number of benzene rings is 3. The molecule has 178 valence electrons. The number of anilines is 1. The number of para-hydroxylation sites is 1. The minimum Gasteiger partial charge on any atom is -0.494 e. The molecule has 2 heterocycles.